The molecule has 0 unspecified atom stereocenters. The van der Waals surface area contributed by atoms with E-state index < -0.39 is 0 Å². The van der Waals surface area contributed by atoms with Gasteiger partial charge in [0, 0.05) is 72.0 Å². The number of rotatable bonds is 19. The Labute approximate surface area is 383 Å². The number of pyridine rings is 2. The zero-order chi connectivity index (χ0) is 43.2. The van der Waals surface area contributed by atoms with Crippen molar-refractivity contribution in [3.8, 4) is 65.0 Å². The van der Waals surface area contributed by atoms with Gasteiger partial charge >= 0.3 is 0 Å². The van der Waals surface area contributed by atoms with Gasteiger partial charge in [0.25, 0.3) is 0 Å². The van der Waals surface area contributed by atoms with Gasteiger partial charge in [0.1, 0.15) is 0 Å². The fourth-order valence-corrected chi connectivity index (χ4v) is 11.9. The van der Waals surface area contributed by atoms with Crippen molar-refractivity contribution in [2.45, 2.75) is 123 Å². The first-order valence-corrected chi connectivity index (χ1v) is 25.2. The summed E-state index contributed by atoms with van der Waals surface area (Å²) in [5.41, 5.74) is 16.2. The lowest BCUT2D eigenvalue weighted by Crippen LogP contribution is -2.25. The number of hydrogen-bond acceptors (Lipinski definition) is 6. The molecule has 8 aromatic rings. The Morgan fingerprint density at radius 2 is 0.968 bits per heavy atom. The van der Waals surface area contributed by atoms with E-state index in [1.54, 1.807) is 28.7 Å². The molecule has 63 heavy (non-hydrogen) atoms. The maximum Gasteiger partial charge on any atom is 0.0989 e. The van der Waals surface area contributed by atoms with E-state index in [4.69, 9.17) is 9.97 Å². The standard InChI is InChI=1S/C57H60N4S2/c1-5-7-9-11-13-15-31-57(32-16-14-12-10-8-6-2)48-35-39(3)21-24-44(48)45-25-23-41(36-49(45)57)50-29-30-52(63-50)47-27-26-46(51-28-22-40(4)62-51)55-56(47)61-54(43-20-18-34-59-38-43)53(60-55)42-19-17-33-58-37-42/h17-30,33-38H,5-16,31-32H2,1-4H3. The van der Waals surface area contributed by atoms with Crippen LogP contribution >= 0.6 is 22.7 Å². The van der Waals surface area contributed by atoms with Crippen LogP contribution < -0.4 is 0 Å². The number of hydrogen-bond donors (Lipinski definition) is 0. The van der Waals surface area contributed by atoms with Crippen molar-refractivity contribution in [1.29, 1.82) is 0 Å². The third-order valence-electron chi connectivity index (χ3n) is 13.3. The predicted octanol–water partition coefficient (Wildman–Crippen LogP) is 17.3. The van der Waals surface area contributed by atoms with Gasteiger partial charge < -0.3 is 0 Å². The van der Waals surface area contributed by atoms with Crippen molar-refractivity contribution in [3.63, 3.8) is 0 Å². The summed E-state index contributed by atoms with van der Waals surface area (Å²) in [4.78, 5) is 25.0. The fraction of sp³-hybridized carbons (Fsp3) is 0.333. The summed E-state index contributed by atoms with van der Waals surface area (Å²) in [7, 11) is 0. The predicted molar refractivity (Wildman–Crippen MR) is 270 cm³/mol. The van der Waals surface area contributed by atoms with Crippen LogP contribution in [0.4, 0.5) is 0 Å². The van der Waals surface area contributed by atoms with Crippen LogP contribution in [0.3, 0.4) is 0 Å². The van der Waals surface area contributed by atoms with Crippen molar-refractivity contribution >= 4 is 33.7 Å². The highest BCUT2D eigenvalue weighted by Crippen LogP contribution is 2.56. The zero-order valence-electron chi connectivity index (χ0n) is 37.6. The molecule has 0 saturated heterocycles. The van der Waals surface area contributed by atoms with Crippen LogP contribution in [0.5, 0.6) is 0 Å². The molecule has 0 saturated carbocycles. The summed E-state index contributed by atoms with van der Waals surface area (Å²) in [5.74, 6) is 0. The smallest absolute Gasteiger partial charge is 0.0989 e. The average molecular weight is 865 g/mol. The van der Waals surface area contributed by atoms with Crippen LogP contribution in [0.15, 0.2) is 122 Å². The molecular formula is C57H60N4S2. The normalized spacial score (nSPS) is 12.8. The summed E-state index contributed by atoms with van der Waals surface area (Å²) >= 11 is 3.66. The summed E-state index contributed by atoms with van der Waals surface area (Å²) in [6, 6.07) is 36.3. The van der Waals surface area contributed by atoms with Crippen molar-refractivity contribution < 1.29 is 0 Å². The molecule has 9 rings (SSSR count). The first-order chi connectivity index (χ1) is 31.0. The lowest BCUT2D eigenvalue weighted by atomic mass is 9.70. The number of thiophene rings is 2. The van der Waals surface area contributed by atoms with Crippen LogP contribution in [-0.2, 0) is 5.41 Å². The topological polar surface area (TPSA) is 51.6 Å². The number of benzene rings is 3. The van der Waals surface area contributed by atoms with E-state index in [0.717, 1.165) is 44.7 Å². The highest BCUT2D eigenvalue weighted by molar-refractivity contribution is 7.19. The van der Waals surface area contributed by atoms with Gasteiger partial charge in [-0.1, -0.05) is 139 Å². The number of aryl methyl sites for hydroxylation is 2. The molecule has 1 aliphatic carbocycles. The molecule has 0 fully saturated rings. The van der Waals surface area contributed by atoms with E-state index in [9.17, 15) is 0 Å². The lowest BCUT2D eigenvalue weighted by molar-refractivity contribution is 0.398. The number of fused-ring (bicyclic) bond motifs is 4. The Bertz CT molecular complexity index is 2790. The van der Waals surface area contributed by atoms with Crippen molar-refractivity contribution in [2.24, 2.45) is 0 Å². The van der Waals surface area contributed by atoms with Gasteiger partial charge in [0.2, 0.25) is 0 Å². The SMILES string of the molecule is CCCCCCCCC1(CCCCCCCC)c2cc(C)ccc2-c2ccc(-c3ccc(-c4ccc(-c5ccc(C)s5)c5nc(-c6cccnc6)c(-c6cccnc6)nc45)s3)cc21. The second-order valence-electron chi connectivity index (χ2n) is 17.8. The molecule has 3 aromatic carbocycles. The Hall–Kier alpha value is -5.30. The molecule has 4 nitrogen and oxygen atoms in total. The Kier molecular flexibility index (Phi) is 13.4. The quantitative estimate of drug-likeness (QED) is 0.0760. The van der Waals surface area contributed by atoms with E-state index in [0.29, 0.717) is 0 Å². The van der Waals surface area contributed by atoms with Crippen LogP contribution in [0.2, 0.25) is 0 Å². The van der Waals surface area contributed by atoms with Gasteiger partial charge in [0.15, 0.2) is 0 Å². The summed E-state index contributed by atoms with van der Waals surface area (Å²) in [5, 5.41) is 0. The average Bonchev–Trinajstić information content (AvgIpc) is 4.05. The molecule has 6 heteroatoms. The minimum atomic E-state index is 0.0404. The molecule has 5 heterocycles. The second-order valence-corrected chi connectivity index (χ2v) is 20.1. The number of unbranched alkanes of at least 4 members (excludes halogenated alkanes) is 10. The highest BCUT2D eigenvalue weighted by atomic mass is 32.1. The van der Waals surface area contributed by atoms with E-state index in [2.05, 4.69) is 123 Å². The van der Waals surface area contributed by atoms with Gasteiger partial charge in [-0.2, -0.15) is 0 Å². The first kappa shape index (κ1) is 43.0. The molecule has 0 bridgehead atoms. The molecule has 0 spiro atoms. The van der Waals surface area contributed by atoms with Crippen LogP contribution in [-0.4, -0.2) is 19.9 Å². The molecule has 0 aliphatic heterocycles. The Morgan fingerprint density at radius 1 is 0.460 bits per heavy atom. The molecule has 5 aromatic heterocycles. The molecule has 0 atom stereocenters. The zero-order valence-corrected chi connectivity index (χ0v) is 39.2. The Morgan fingerprint density at radius 3 is 1.52 bits per heavy atom. The van der Waals surface area contributed by atoms with Crippen molar-refractivity contribution in [2.75, 3.05) is 0 Å². The summed E-state index contributed by atoms with van der Waals surface area (Å²) in [6.07, 6.45) is 25.7. The van der Waals surface area contributed by atoms with Gasteiger partial charge in [0.05, 0.1) is 22.4 Å². The summed E-state index contributed by atoms with van der Waals surface area (Å²) in [6.45, 7) is 9.08. The minimum Gasteiger partial charge on any atom is -0.264 e. The third kappa shape index (κ3) is 8.95. The van der Waals surface area contributed by atoms with Crippen LogP contribution in [0, 0.1) is 13.8 Å². The van der Waals surface area contributed by atoms with Gasteiger partial charge in [-0.15, -0.1) is 22.7 Å². The van der Waals surface area contributed by atoms with Crippen molar-refractivity contribution in [3.05, 3.63) is 143 Å². The van der Waals surface area contributed by atoms with Crippen LogP contribution in [0.25, 0.3) is 76.0 Å². The minimum absolute atomic E-state index is 0.0404. The molecule has 0 amide bonds. The van der Waals surface area contributed by atoms with E-state index >= 15 is 0 Å². The first-order valence-electron chi connectivity index (χ1n) is 23.6. The number of nitrogens with zero attached hydrogens (tertiary/aromatic N) is 4. The van der Waals surface area contributed by atoms with Gasteiger partial charge in [-0.05, 0) is 109 Å². The van der Waals surface area contributed by atoms with E-state index in [-0.39, 0.29) is 5.41 Å². The largest absolute Gasteiger partial charge is 0.264 e. The molecule has 0 radical (unpaired) electrons. The maximum atomic E-state index is 5.55. The number of aromatic nitrogens is 4. The molecule has 320 valence electrons. The Balaban J connectivity index is 1.14. The molecular weight excluding hydrogens is 805 g/mol. The highest BCUT2D eigenvalue weighted by Gasteiger charge is 2.42. The second kappa shape index (κ2) is 19.6. The monoisotopic (exact) mass is 864 g/mol. The van der Waals surface area contributed by atoms with E-state index in [1.165, 1.54) is 132 Å². The maximum absolute atomic E-state index is 5.55. The molecule has 1 aliphatic rings. The van der Waals surface area contributed by atoms with Gasteiger partial charge in [-0.3, -0.25) is 9.97 Å². The van der Waals surface area contributed by atoms with Crippen molar-refractivity contribution in [1.82, 2.24) is 19.9 Å². The lowest BCUT2D eigenvalue weighted by Gasteiger charge is -2.33. The fourth-order valence-electron chi connectivity index (χ4n) is 10.00. The summed E-state index contributed by atoms with van der Waals surface area (Å²) < 4.78 is 0. The van der Waals surface area contributed by atoms with E-state index in [1.807, 2.05) is 42.1 Å². The third-order valence-corrected chi connectivity index (χ3v) is 15.5. The van der Waals surface area contributed by atoms with Gasteiger partial charge in [-0.25, -0.2) is 9.97 Å². The molecule has 0 N–H and O–H groups in total. The van der Waals surface area contributed by atoms with Crippen LogP contribution in [0.1, 0.15) is 125 Å².